The van der Waals surface area contributed by atoms with Gasteiger partial charge in [-0.1, -0.05) is 12.2 Å². The molecule has 2 aliphatic rings. The van der Waals surface area contributed by atoms with Crippen LogP contribution in [0, 0.1) is 0 Å². The van der Waals surface area contributed by atoms with E-state index in [1.165, 1.54) is 6.20 Å². The van der Waals surface area contributed by atoms with Gasteiger partial charge in [0, 0.05) is 13.1 Å². The van der Waals surface area contributed by atoms with Crippen LogP contribution in [-0.2, 0) is 5.54 Å². The summed E-state index contributed by atoms with van der Waals surface area (Å²) in [4.78, 5) is 32.0. The van der Waals surface area contributed by atoms with Crippen LogP contribution in [0.15, 0.2) is 18.3 Å². The number of nitrogens with zero attached hydrogens (tertiary/aromatic N) is 2. The molecule has 0 spiro atoms. The molecule has 7 nitrogen and oxygen atoms in total. The highest BCUT2D eigenvalue weighted by molar-refractivity contribution is 5.85. The van der Waals surface area contributed by atoms with E-state index in [4.69, 9.17) is 5.11 Å². The van der Waals surface area contributed by atoms with Gasteiger partial charge in [0.1, 0.15) is 11.5 Å². The van der Waals surface area contributed by atoms with Gasteiger partial charge in [0.25, 0.3) is 0 Å². The summed E-state index contributed by atoms with van der Waals surface area (Å²) in [5.74, 6) is -0.511. The zero-order valence-electron chi connectivity index (χ0n) is 11.6. The molecule has 0 saturated heterocycles. The minimum atomic E-state index is -1.05. The summed E-state index contributed by atoms with van der Waals surface area (Å²) in [6.07, 6.45) is 8.74. The third kappa shape index (κ3) is 2.51. The van der Waals surface area contributed by atoms with Crippen molar-refractivity contribution in [2.45, 2.75) is 31.2 Å². The molecule has 7 heteroatoms. The summed E-state index contributed by atoms with van der Waals surface area (Å²) in [7, 11) is 0. The number of carbonyl (C=O) groups excluding carboxylic acids is 1. The van der Waals surface area contributed by atoms with E-state index < -0.39 is 11.5 Å². The number of carboxylic acid groups (broad SMARTS) is 1. The van der Waals surface area contributed by atoms with E-state index in [-0.39, 0.29) is 11.7 Å². The van der Waals surface area contributed by atoms with E-state index in [1.54, 1.807) is 4.90 Å². The van der Waals surface area contributed by atoms with Gasteiger partial charge in [-0.25, -0.2) is 14.6 Å². The van der Waals surface area contributed by atoms with Crippen LogP contribution in [0.2, 0.25) is 0 Å². The Hall–Kier alpha value is -2.31. The minimum Gasteiger partial charge on any atom is -0.477 e. The number of carbonyl (C=O) groups is 2. The fourth-order valence-corrected chi connectivity index (χ4v) is 2.73. The summed E-state index contributed by atoms with van der Waals surface area (Å²) in [5, 5.41) is 12.0. The molecule has 0 unspecified atom stereocenters. The first kappa shape index (κ1) is 13.7. The lowest BCUT2D eigenvalue weighted by atomic mass is 9.76. The predicted octanol–water partition coefficient (Wildman–Crippen LogP) is 1.46. The quantitative estimate of drug-likeness (QED) is 0.734. The van der Waals surface area contributed by atoms with Gasteiger partial charge in [-0.05, 0) is 25.7 Å². The van der Waals surface area contributed by atoms with Crippen molar-refractivity contribution in [3.63, 3.8) is 0 Å². The maximum Gasteiger partial charge on any atom is 0.353 e. The van der Waals surface area contributed by atoms with E-state index >= 15 is 0 Å². The number of aromatic carboxylic acids is 1. The molecular weight excluding hydrogens is 272 g/mol. The Bertz CT molecular complexity index is 589. The molecule has 2 heterocycles. The number of carboxylic acids is 1. The SMILES string of the molecule is O=C(O)c1cnc(C2(NC(=O)N3CC=CCC3)CCC2)[nH]1. The molecule has 1 aromatic rings. The molecule has 1 aliphatic heterocycles. The van der Waals surface area contributed by atoms with Crippen LogP contribution in [0.1, 0.15) is 42.0 Å². The van der Waals surface area contributed by atoms with E-state index in [9.17, 15) is 9.59 Å². The number of aromatic amines is 1. The second-order valence-electron chi connectivity index (χ2n) is 5.52. The lowest BCUT2D eigenvalue weighted by Gasteiger charge is -2.42. The normalized spacial score (nSPS) is 19.9. The fourth-order valence-electron chi connectivity index (χ4n) is 2.73. The fraction of sp³-hybridized carbons (Fsp3) is 0.500. The summed E-state index contributed by atoms with van der Waals surface area (Å²) in [5.41, 5.74) is -0.502. The van der Waals surface area contributed by atoms with Crippen LogP contribution in [0.4, 0.5) is 4.79 Å². The second kappa shape index (κ2) is 5.23. The lowest BCUT2D eigenvalue weighted by Crippen LogP contribution is -2.55. The Morgan fingerprint density at radius 2 is 2.19 bits per heavy atom. The molecule has 0 radical (unpaired) electrons. The highest BCUT2D eigenvalue weighted by atomic mass is 16.4. The van der Waals surface area contributed by atoms with Crippen molar-refractivity contribution in [2.24, 2.45) is 0 Å². The highest BCUT2D eigenvalue weighted by Crippen LogP contribution is 2.40. The average molecular weight is 290 g/mol. The van der Waals surface area contributed by atoms with Gasteiger partial charge in [-0.2, -0.15) is 0 Å². The molecule has 3 N–H and O–H groups in total. The predicted molar refractivity (Wildman–Crippen MR) is 74.9 cm³/mol. The Morgan fingerprint density at radius 3 is 2.71 bits per heavy atom. The molecule has 0 bridgehead atoms. The number of hydrogen-bond acceptors (Lipinski definition) is 3. The van der Waals surface area contributed by atoms with Crippen molar-refractivity contribution in [3.8, 4) is 0 Å². The molecule has 0 atom stereocenters. The number of aromatic nitrogens is 2. The van der Waals surface area contributed by atoms with E-state index in [1.807, 2.05) is 6.08 Å². The van der Waals surface area contributed by atoms with E-state index in [0.29, 0.717) is 18.9 Å². The molecule has 2 amide bonds. The van der Waals surface area contributed by atoms with Crippen molar-refractivity contribution < 1.29 is 14.7 Å². The molecule has 3 rings (SSSR count). The van der Waals surface area contributed by atoms with Gasteiger partial charge in [0.05, 0.1) is 11.7 Å². The van der Waals surface area contributed by atoms with Gasteiger partial charge in [0.2, 0.25) is 0 Å². The summed E-state index contributed by atoms with van der Waals surface area (Å²) in [6.45, 7) is 1.32. The van der Waals surface area contributed by atoms with Crippen LogP contribution in [0.5, 0.6) is 0 Å². The van der Waals surface area contributed by atoms with Crippen LogP contribution in [-0.4, -0.2) is 45.1 Å². The molecule has 1 aliphatic carbocycles. The molecule has 21 heavy (non-hydrogen) atoms. The van der Waals surface area contributed by atoms with E-state index in [2.05, 4.69) is 21.4 Å². The maximum absolute atomic E-state index is 12.3. The van der Waals surface area contributed by atoms with Crippen LogP contribution in [0.3, 0.4) is 0 Å². The van der Waals surface area contributed by atoms with Gasteiger partial charge >= 0.3 is 12.0 Å². The van der Waals surface area contributed by atoms with Crippen molar-refractivity contribution in [2.75, 3.05) is 13.1 Å². The highest BCUT2D eigenvalue weighted by Gasteiger charge is 2.43. The summed E-state index contributed by atoms with van der Waals surface area (Å²) >= 11 is 0. The van der Waals surface area contributed by atoms with Crippen LogP contribution in [0.25, 0.3) is 0 Å². The van der Waals surface area contributed by atoms with Gasteiger partial charge in [-0.3, -0.25) is 0 Å². The smallest absolute Gasteiger partial charge is 0.353 e. The van der Waals surface area contributed by atoms with E-state index in [0.717, 1.165) is 25.7 Å². The molecular formula is C14H18N4O3. The third-order valence-electron chi connectivity index (χ3n) is 4.16. The number of amides is 2. The van der Waals surface area contributed by atoms with Crippen LogP contribution < -0.4 is 5.32 Å². The Balaban J connectivity index is 1.75. The number of H-pyrrole nitrogens is 1. The van der Waals surface area contributed by atoms with Gasteiger partial charge in [-0.15, -0.1) is 0 Å². The summed E-state index contributed by atoms with van der Waals surface area (Å²) < 4.78 is 0. The monoisotopic (exact) mass is 290 g/mol. The van der Waals surface area contributed by atoms with Crippen molar-refractivity contribution in [1.82, 2.24) is 20.2 Å². The lowest BCUT2D eigenvalue weighted by molar-refractivity contribution is 0.0690. The Kier molecular flexibility index (Phi) is 3.40. The first-order valence-electron chi connectivity index (χ1n) is 7.12. The third-order valence-corrected chi connectivity index (χ3v) is 4.16. The van der Waals surface area contributed by atoms with Crippen molar-refractivity contribution in [1.29, 1.82) is 0 Å². The second-order valence-corrected chi connectivity index (χ2v) is 5.52. The molecule has 0 aromatic carbocycles. The molecule has 112 valence electrons. The first-order valence-corrected chi connectivity index (χ1v) is 7.12. The zero-order chi connectivity index (χ0) is 14.9. The first-order chi connectivity index (χ1) is 10.1. The largest absolute Gasteiger partial charge is 0.477 e. The number of nitrogens with one attached hydrogen (secondary N) is 2. The molecule has 1 fully saturated rings. The van der Waals surface area contributed by atoms with Gasteiger partial charge in [0.15, 0.2) is 0 Å². The molecule has 1 saturated carbocycles. The summed E-state index contributed by atoms with van der Waals surface area (Å²) in [6, 6.07) is -0.118. The standard InChI is InChI=1S/C14H18N4O3/c19-11(20)10-9-15-12(16-10)14(5-4-6-14)17-13(21)18-7-2-1-3-8-18/h1-2,9H,3-8H2,(H,15,16)(H,17,21)(H,19,20). The van der Waals surface area contributed by atoms with Gasteiger partial charge < -0.3 is 20.3 Å². The number of urea groups is 1. The maximum atomic E-state index is 12.3. The van der Waals surface area contributed by atoms with Crippen LogP contribution >= 0.6 is 0 Å². The van der Waals surface area contributed by atoms with Crippen molar-refractivity contribution >= 4 is 12.0 Å². The molecule has 1 aromatic heterocycles. The topological polar surface area (TPSA) is 98.3 Å². The Morgan fingerprint density at radius 1 is 1.38 bits per heavy atom. The average Bonchev–Trinajstić information content (AvgIpc) is 2.93. The minimum absolute atomic E-state index is 0.0476. The number of rotatable bonds is 3. The number of imidazole rings is 1. The zero-order valence-corrected chi connectivity index (χ0v) is 11.6. The number of hydrogen-bond donors (Lipinski definition) is 3. The Labute approximate surface area is 122 Å². The van der Waals surface area contributed by atoms with Crippen molar-refractivity contribution in [3.05, 3.63) is 29.9 Å².